The molecule has 0 aliphatic rings. The van der Waals surface area contributed by atoms with Crippen molar-refractivity contribution < 1.29 is 5.11 Å². The molecule has 0 spiro atoms. The van der Waals surface area contributed by atoms with Crippen molar-refractivity contribution in [2.24, 2.45) is 0 Å². The van der Waals surface area contributed by atoms with Gasteiger partial charge in [0.15, 0.2) is 5.82 Å². The zero-order valence-electron chi connectivity index (χ0n) is 31.0. The Kier molecular flexibility index (Phi) is 8.50. The molecule has 1 N–H and O–H groups in total. The lowest BCUT2D eigenvalue weighted by atomic mass is 9.79. The molecule has 0 unspecified atom stereocenters. The average molecular weight is 691 g/mol. The number of para-hydroxylation sites is 1. The summed E-state index contributed by atoms with van der Waals surface area (Å²) in [4.78, 5) is 17.7. The second kappa shape index (κ2) is 12.6. The topological polar surface area (TPSA) is 62.1 Å². The maximum absolute atomic E-state index is 12.0. The Morgan fingerprint density at radius 3 is 1.96 bits per heavy atom. The van der Waals surface area contributed by atoms with Crippen LogP contribution < -0.4 is 4.90 Å². The van der Waals surface area contributed by atoms with Crippen molar-refractivity contribution in [1.29, 1.82) is 0 Å². The lowest BCUT2D eigenvalue weighted by molar-refractivity contribution is 0.446. The van der Waals surface area contributed by atoms with Crippen molar-refractivity contribution >= 4 is 48.8 Å². The summed E-state index contributed by atoms with van der Waals surface area (Å²) in [6, 6.07) is 35.8. The molecule has 0 atom stereocenters. The molecule has 0 saturated heterocycles. The van der Waals surface area contributed by atoms with E-state index in [1.807, 2.05) is 30.5 Å². The number of fused-ring (bicyclic) bond motifs is 3. The number of phenols is 1. The summed E-state index contributed by atoms with van der Waals surface area (Å²) >= 11 is 1.71. The largest absolute Gasteiger partial charge is 0.507 e. The molecule has 3 heterocycles. The van der Waals surface area contributed by atoms with Gasteiger partial charge in [0.05, 0.1) is 21.5 Å². The van der Waals surface area contributed by atoms with E-state index < -0.39 is 0 Å². The van der Waals surface area contributed by atoms with E-state index in [2.05, 4.69) is 146 Å². The third kappa shape index (κ3) is 6.61. The van der Waals surface area contributed by atoms with E-state index in [4.69, 9.17) is 15.0 Å². The number of phenolic OH excluding ortho intramolecular Hbond substituents is 1. The lowest BCUT2D eigenvalue weighted by Gasteiger charge is -2.28. The van der Waals surface area contributed by atoms with Crippen molar-refractivity contribution in [2.75, 3.05) is 4.90 Å². The van der Waals surface area contributed by atoms with Gasteiger partial charge in [-0.2, -0.15) is 0 Å². The fourth-order valence-electron chi connectivity index (χ4n) is 6.50. The highest BCUT2D eigenvalue weighted by Crippen LogP contribution is 2.46. The number of benzene rings is 4. The summed E-state index contributed by atoms with van der Waals surface area (Å²) in [5.74, 6) is 1.58. The van der Waals surface area contributed by atoms with E-state index in [0.29, 0.717) is 11.4 Å². The van der Waals surface area contributed by atoms with E-state index in [-0.39, 0.29) is 22.0 Å². The number of rotatable bonds is 5. The van der Waals surface area contributed by atoms with Crippen LogP contribution in [0.4, 0.5) is 17.2 Å². The summed E-state index contributed by atoms with van der Waals surface area (Å²) in [6.07, 6.45) is 1.83. The van der Waals surface area contributed by atoms with Gasteiger partial charge < -0.3 is 5.11 Å². The van der Waals surface area contributed by atoms with Crippen LogP contribution in [0.3, 0.4) is 0 Å². The fraction of sp³-hybridized carbons (Fsp3) is 0.267. The first kappa shape index (κ1) is 34.4. The van der Waals surface area contributed by atoms with Crippen LogP contribution in [0.5, 0.6) is 5.75 Å². The van der Waals surface area contributed by atoms with Gasteiger partial charge in [-0.25, -0.2) is 15.0 Å². The molecule has 7 rings (SSSR count). The summed E-state index contributed by atoms with van der Waals surface area (Å²) in [5, 5.41) is 13.1. The van der Waals surface area contributed by atoms with E-state index in [0.717, 1.165) is 59.9 Å². The minimum atomic E-state index is -0.287. The van der Waals surface area contributed by atoms with Gasteiger partial charge in [0, 0.05) is 38.8 Å². The molecule has 0 aliphatic heterocycles. The first-order valence-corrected chi connectivity index (χ1v) is 18.4. The van der Waals surface area contributed by atoms with Crippen LogP contribution in [0.1, 0.15) is 79.0 Å². The molecule has 0 fully saturated rings. The predicted molar refractivity (Wildman–Crippen MR) is 216 cm³/mol. The molecule has 3 aromatic heterocycles. The molecule has 4 aromatic carbocycles. The van der Waals surface area contributed by atoms with Gasteiger partial charge in [-0.1, -0.05) is 111 Å². The molecule has 0 bridgehead atoms. The molecule has 0 radical (unpaired) electrons. The maximum Gasteiger partial charge on any atom is 0.164 e. The zero-order valence-corrected chi connectivity index (χ0v) is 31.9. The molecular weight excluding hydrogens is 645 g/mol. The van der Waals surface area contributed by atoms with Gasteiger partial charge in [0.1, 0.15) is 11.6 Å². The van der Waals surface area contributed by atoms with Crippen molar-refractivity contribution in [2.45, 2.75) is 78.6 Å². The zero-order chi connectivity index (χ0) is 36.3. The molecule has 0 amide bonds. The van der Waals surface area contributed by atoms with Crippen LogP contribution in [0.2, 0.25) is 0 Å². The monoisotopic (exact) mass is 690 g/mol. The Labute approximate surface area is 305 Å². The third-order valence-corrected chi connectivity index (χ3v) is 10.6. The first-order chi connectivity index (χ1) is 24.1. The molecule has 7 aromatic rings. The summed E-state index contributed by atoms with van der Waals surface area (Å²) in [6.45, 7) is 19.8. The maximum atomic E-state index is 12.0. The second-order valence-electron chi connectivity index (χ2n) is 16.5. The van der Waals surface area contributed by atoms with Crippen LogP contribution in [-0.2, 0) is 16.2 Å². The second-order valence-corrected chi connectivity index (χ2v) is 17.5. The van der Waals surface area contributed by atoms with Crippen LogP contribution in [-0.4, -0.2) is 20.1 Å². The number of aromatic nitrogens is 3. The Balaban J connectivity index is 1.57. The summed E-state index contributed by atoms with van der Waals surface area (Å²) in [5.41, 5.74) is 7.97. The predicted octanol–water partition coefficient (Wildman–Crippen LogP) is 12.6. The normalized spacial score (nSPS) is 12.5. The van der Waals surface area contributed by atoms with Crippen LogP contribution >= 0.6 is 11.3 Å². The van der Waals surface area contributed by atoms with Gasteiger partial charge >= 0.3 is 0 Å². The minimum absolute atomic E-state index is 0.146. The molecule has 0 aliphatic carbocycles. The molecule has 6 heteroatoms. The first-order valence-electron chi connectivity index (χ1n) is 17.6. The number of hydrogen-bond donors (Lipinski definition) is 1. The van der Waals surface area contributed by atoms with E-state index in [9.17, 15) is 5.11 Å². The van der Waals surface area contributed by atoms with Gasteiger partial charge in [-0.05, 0) is 82.0 Å². The van der Waals surface area contributed by atoms with Gasteiger partial charge in [0.2, 0.25) is 0 Å². The highest BCUT2D eigenvalue weighted by atomic mass is 32.1. The van der Waals surface area contributed by atoms with Crippen LogP contribution in [0, 0.1) is 0 Å². The summed E-state index contributed by atoms with van der Waals surface area (Å²) in [7, 11) is 0. The lowest BCUT2D eigenvalue weighted by Crippen LogP contribution is -2.17. The van der Waals surface area contributed by atoms with Crippen molar-refractivity contribution in [3.8, 4) is 28.4 Å². The Bertz CT molecular complexity index is 2340. The van der Waals surface area contributed by atoms with Crippen molar-refractivity contribution in [3.63, 3.8) is 0 Å². The van der Waals surface area contributed by atoms with E-state index in [1.54, 1.807) is 11.3 Å². The third-order valence-electron chi connectivity index (χ3n) is 9.45. The summed E-state index contributed by atoms with van der Waals surface area (Å²) < 4.78 is 2.17. The Morgan fingerprint density at radius 2 is 1.29 bits per heavy atom. The van der Waals surface area contributed by atoms with Crippen molar-refractivity contribution in [1.82, 2.24) is 15.0 Å². The van der Waals surface area contributed by atoms with Crippen LogP contribution in [0.25, 0.3) is 42.9 Å². The Morgan fingerprint density at radius 1 is 0.627 bits per heavy atom. The fourth-order valence-corrected chi connectivity index (χ4v) is 7.66. The number of aromatic hydroxyl groups is 1. The quantitative estimate of drug-likeness (QED) is 0.195. The van der Waals surface area contributed by atoms with Gasteiger partial charge in [0.25, 0.3) is 0 Å². The van der Waals surface area contributed by atoms with Crippen LogP contribution in [0.15, 0.2) is 109 Å². The van der Waals surface area contributed by atoms with E-state index in [1.165, 1.54) is 5.56 Å². The van der Waals surface area contributed by atoms with Crippen molar-refractivity contribution in [3.05, 3.63) is 126 Å². The SMILES string of the molecule is CC(C)(C)c1cc(-c2nc(-c3cc(C(C)(C)C)cc(C(C)(C)C)c3O)nc3c2sc2ccccc23)cc(N(c2ccccc2)c2ccccn2)c1. The molecule has 0 saturated carbocycles. The van der Waals surface area contributed by atoms with Gasteiger partial charge in [-0.15, -0.1) is 11.3 Å². The van der Waals surface area contributed by atoms with Gasteiger partial charge in [-0.3, -0.25) is 4.90 Å². The number of nitrogens with zero attached hydrogens (tertiary/aromatic N) is 4. The molecule has 5 nitrogen and oxygen atoms in total. The average Bonchev–Trinajstić information content (AvgIpc) is 3.46. The smallest absolute Gasteiger partial charge is 0.164 e. The number of hydrogen-bond acceptors (Lipinski definition) is 6. The highest BCUT2D eigenvalue weighted by molar-refractivity contribution is 7.26. The molecule has 258 valence electrons. The minimum Gasteiger partial charge on any atom is -0.507 e. The Hall–Kier alpha value is -5.07. The van der Waals surface area contributed by atoms with E-state index >= 15 is 0 Å². The highest BCUT2D eigenvalue weighted by Gasteiger charge is 2.28. The number of pyridine rings is 1. The standard InChI is InChI=1S/C45H46N4OS/c1-43(2,3)29-23-28(24-32(25-29)49(31-17-11-10-12-18-31)37-21-15-16-22-46-37)38-41-39(33-19-13-14-20-36(33)51-41)48-42(47-38)34-26-30(44(4,5)6)27-35(40(34)50)45(7,8)9/h10-27,50H,1-9H3. The number of anilines is 3. The number of thiophene rings is 1. The molecule has 51 heavy (non-hydrogen) atoms. The molecular formula is C45H46N4OS.